The molecule has 1 fully saturated rings. The van der Waals surface area contributed by atoms with E-state index in [1.807, 2.05) is 20.8 Å². The quantitative estimate of drug-likeness (QED) is 0.853. The average Bonchev–Trinajstić information content (AvgIpc) is 3.04. The lowest BCUT2D eigenvalue weighted by molar-refractivity contribution is 0.0241. The van der Waals surface area contributed by atoms with Gasteiger partial charge in [-0.25, -0.2) is 9.78 Å². The van der Waals surface area contributed by atoms with E-state index in [9.17, 15) is 4.79 Å². The molecule has 22 heavy (non-hydrogen) atoms. The molecular formula is C15H23N5O2. The Morgan fingerprint density at radius 2 is 1.86 bits per heavy atom. The van der Waals surface area contributed by atoms with E-state index >= 15 is 0 Å². The third-order valence-corrected chi connectivity index (χ3v) is 3.84. The number of hydrogen-bond acceptors (Lipinski definition) is 6. The summed E-state index contributed by atoms with van der Waals surface area (Å²) in [5, 5.41) is 0. The molecule has 7 heteroatoms. The molecule has 0 aliphatic carbocycles. The van der Waals surface area contributed by atoms with Crippen molar-refractivity contribution in [2.45, 2.75) is 52.3 Å². The second-order valence-electron chi connectivity index (χ2n) is 6.86. The number of rotatable bonds is 1. The molecule has 7 nitrogen and oxygen atoms in total. The normalized spacial score (nSPS) is 17.8. The van der Waals surface area contributed by atoms with Crippen LogP contribution in [0.5, 0.6) is 0 Å². The number of carbonyl (C=O) groups excluding carboxylic acids is 1. The molecule has 3 rings (SSSR count). The molecule has 3 heterocycles. The maximum absolute atomic E-state index is 12.3. The van der Waals surface area contributed by atoms with Crippen molar-refractivity contribution >= 4 is 17.9 Å². The Kier molecular flexibility index (Phi) is 3.58. The Balaban J connectivity index is 1.83. The van der Waals surface area contributed by atoms with E-state index in [1.165, 1.54) is 0 Å². The van der Waals surface area contributed by atoms with E-state index < -0.39 is 5.60 Å². The Hall–Kier alpha value is -2.05. The van der Waals surface area contributed by atoms with Crippen LogP contribution in [0.2, 0.25) is 0 Å². The van der Waals surface area contributed by atoms with E-state index in [0.29, 0.717) is 13.1 Å². The number of fused-ring (bicyclic) bond motifs is 1. The summed E-state index contributed by atoms with van der Waals surface area (Å²) in [7, 11) is 0. The Bertz CT molecular complexity index is 590. The number of nitrogen functional groups attached to an aromatic ring is 1. The largest absolute Gasteiger partial charge is 0.444 e. The number of carbonyl (C=O) groups is 1. The zero-order valence-electron chi connectivity index (χ0n) is 13.4. The highest BCUT2D eigenvalue weighted by Gasteiger charge is 2.32. The van der Waals surface area contributed by atoms with Crippen LogP contribution in [0.4, 0.5) is 16.6 Å². The van der Waals surface area contributed by atoms with Gasteiger partial charge in [-0.2, -0.15) is 4.98 Å². The minimum absolute atomic E-state index is 0.270. The van der Waals surface area contributed by atoms with Crippen LogP contribution < -0.4 is 10.6 Å². The molecule has 0 spiro atoms. The highest BCUT2D eigenvalue weighted by Crippen LogP contribution is 2.32. The summed E-state index contributed by atoms with van der Waals surface area (Å²) in [6.45, 7) is 8.46. The van der Waals surface area contributed by atoms with E-state index in [0.717, 1.165) is 43.0 Å². The van der Waals surface area contributed by atoms with Crippen LogP contribution in [-0.4, -0.2) is 39.7 Å². The molecule has 1 amide bonds. The van der Waals surface area contributed by atoms with Crippen LogP contribution in [0.15, 0.2) is 0 Å². The first kappa shape index (κ1) is 14.9. The minimum atomic E-state index is -0.506. The SMILES string of the molecule is CC(C)(C)OC(=O)N1Cc2nc(N)nc(N3CCCC3)c2C1. The smallest absolute Gasteiger partial charge is 0.410 e. The Morgan fingerprint density at radius 1 is 1.18 bits per heavy atom. The first-order valence-electron chi connectivity index (χ1n) is 7.71. The van der Waals surface area contributed by atoms with Gasteiger partial charge in [0, 0.05) is 18.7 Å². The van der Waals surface area contributed by atoms with Crippen LogP contribution in [0.3, 0.4) is 0 Å². The number of amides is 1. The lowest BCUT2D eigenvalue weighted by Crippen LogP contribution is -2.33. The first-order chi connectivity index (χ1) is 10.3. The molecule has 0 radical (unpaired) electrons. The van der Waals surface area contributed by atoms with Crippen LogP contribution in [0.25, 0.3) is 0 Å². The molecule has 0 unspecified atom stereocenters. The lowest BCUT2D eigenvalue weighted by Gasteiger charge is -2.24. The predicted octanol–water partition coefficient (Wildman–Crippen LogP) is 1.91. The molecule has 0 saturated carbocycles. The Morgan fingerprint density at radius 3 is 2.50 bits per heavy atom. The number of anilines is 2. The zero-order chi connectivity index (χ0) is 15.9. The second-order valence-corrected chi connectivity index (χ2v) is 6.86. The monoisotopic (exact) mass is 305 g/mol. The van der Waals surface area contributed by atoms with Crippen molar-refractivity contribution in [2.24, 2.45) is 0 Å². The first-order valence-corrected chi connectivity index (χ1v) is 7.71. The summed E-state index contributed by atoms with van der Waals surface area (Å²) in [6, 6.07) is 0. The topological polar surface area (TPSA) is 84.6 Å². The van der Waals surface area contributed by atoms with Gasteiger partial charge in [0.1, 0.15) is 11.4 Å². The van der Waals surface area contributed by atoms with E-state index in [2.05, 4.69) is 14.9 Å². The van der Waals surface area contributed by atoms with Crippen molar-refractivity contribution in [1.82, 2.24) is 14.9 Å². The number of aromatic nitrogens is 2. The van der Waals surface area contributed by atoms with Crippen molar-refractivity contribution in [3.63, 3.8) is 0 Å². The summed E-state index contributed by atoms with van der Waals surface area (Å²) in [6.07, 6.45) is 2.00. The molecule has 1 aromatic heterocycles. The highest BCUT2D eigenvalue weighted by molar-refractivity contribution is 5.70. The highest BCUT2D eigenvalue weighted by atomic mass is 16.6. The summed E-state index contributed by atoms with van der Waals surface area (Å²) in [4.78, 5) is 24.9. The van der Waals surface area contributed by atoms with Crippen molar-refractivity contribution in [1.29, 1.82) is 0 Å². The minimum Gasteiger partial charge on any atom is -0.444 e. The molecule has 120 valence electrons. The van der Waals surface area contributed by atoms with Crippen LogP contribution >= 0.6 is 0 Å². The molecule has 2 aliphatic heterocycles. The summed E-state index contributed by atoms with van der Waals surface area (Å²) >= 11 is 0. The van der Waals surface area contributed by atoms with E-state index in [1.54, 1.807) is 4.90 Å². The number of hydrogen-bond donors (Lipinski definition) is 1. The van der Waals surface area contributed by atoms with Crippen molar-refractivity contribution in [3.05, 3.63) is 11.3 Å². The molecule has 0 atom stereocenters. The summed E-state index contributed by atoms with van der Waals surface area (Å²) in [5.41, 5.74) is 7.17. The van der Waals surface area contributed by atoms with Gasteiger partial charge in [-0.3, -0.25) is 4.90 Å². The predicted molar refractivity (Wildman–Crippen MR) is 83.4 cm³/mol. The fraction of sp³-hybridized carbons (Fsp3) is 0.667. The molecule has 1 saturated heterocycles. The molecule has 0 aromatic carbocycles. The van der Waals surface area contributed by atoms with Crippen LogP contribution in [0.1, 0.15) is 44.9 Å². The van der Waals surface area contributed by atoms with E-state index in [4.69, 9.17) is 10.5 Å². The summed E-state index contributed by atoms with van der Waals surface area (Å²) in [5.74, 6) is 1.15. The number of nitrogens with two attached hydrogens (primary N) is 1. The van der Waals surface area contributed by atoms with Gasteiger partial charge in [-0.1, -0.05) is 0 Å². The van der Waals surface area contributed by atoms with Gasteiger partial charge in [0.15, 0.2) is 0 Å². The fourth-order valence-corrected chi connectivity index (χ4v) is 2.90. The van der Waals surface area contributed by atoms with Gasteiger partial charge in [-0.15, -0.1) is 0 Å². The maximum atomic E-state index is 12.3. The molecule has 2 N–H and O–H groups in total. The van der Waals surface area contributed by atoms with Gasteiger partial charge < -0.3 is 15.4 Å². The molecule has 2 aliphatic rings. The van der Waals surface area contributed by atoms with Crippen LogP contribution in [-0.2, 0) is 17.8 Å². The van der Waals surface area contributed by atoms with E-state index in [-0.39, 0.29) is 12.0 Å². The van der Waals surface area contributed by atoms with Gasteiger partial charge in [0.25, 0.3) is 0 Å². The third-order valence-electron chi connectivity index (χ3n) is 3.84. The fourth-order valence-electron chi connectivity index (χ4n) is 2.90. The molecular weight excluding hydrogens is 282 g/mol. The number of nitrogens with zero attached hydrogens (tertiary/aromatic N) is 4. The molecule has 0 bridgehead atoms. The Labute approximate surface area is 130 Å². The standard InChI is InChI=1S/C15H23N5O2/c1-15(2,3)22-14(21)20-8-10-11(9-20)17-13(16)18-12(10)19-6-4-5-7-19/h4-9H2,1-3H3,(H2,16,17,18). The van der Waals surface area contributed by atoms with Crippen LogP contribution in [0, 0.1) is 0 Å². The maximum Gasteiger partial charge on any atom is 0.410 e. The van der Waals surface area contributed by atoms with Crippen molar-refractivity contribution < 1.29 is 9.53 Å². The van der Waals surface area contributed by atoms with Gasteiger partial charge in [0.05, 0.1) is 18.8 Å². The molecule has 1 aromatic rings. The average molecular weight is 305 g/mol. The number of ether oxygens (including phenoxy) is 1. The van der Waals surface area contributed by atoms with Gasteiger partial charge >= 0.3 is 6.09 Å². The van der Waals surface area contributed by atoms with Crippen molar-refractivity contribution in [3.8, 4) is 0 Å². The zero-order valence-corrected chi connectivity index (χ0v) is 13.4. The van der Waals surface area contributed by atoms with Crippen molar-refractivity contribution in [2.75, 3.05) is 23.7 Å². The van der Waals surface area contributed by atoms with Gasteiger partial charge in [0.2, 0.25) is 5.95 Å². The third kappa shape index (κ3) is 2.93. The summed E-state index contributed by atoms with van der Waals surface area (Å²) < 4.78 is 5.44. The second kappa shape index (κ2) is 5.30. The van der Waals surface area contributed by atoms with Gasteiger partial charge in [-0.05, 0) is 33.6 Å². The lowest BCUT2D eigenvalue weighted by atomic mass is 10.2.